The number of sulfonamides is 1. The highest BCUT2D eigenvalue weighted by Crippen LogP contribution is 2.22. The van der Waals surface area contributed by atoms with Crippen LogP contribution >= 0.6 is 15.9 Å². The summed E-state index contributed by atoms with van der Waals surface area (Å²) in [6, 6.07) is 7.44. The lowest BCUT2D eigenvalue weighted by molar-refractivity contribution is 0.557. The predicted octanol–water partition coefficient (Wildman–Crippen LogP) is 3.09. The molecule has 0 saturated carbocycles. The molecule has 0 bridgehead atoms. The first-order valence-electron chi connectivity index (χ1n) is 5.29. The van der Waals surface area contributed by atoms with Gasteiger partial charge >= 0.3 is 0 Å². The molecular formula is C12H10BrFN2O2S. The average molecular weight is 345 g/mol. The minimum Gasteiger partial charge on any atom is -0.278 e. The zero-order chi connectivity index (χ0) is 14.0. The second-order valence-electron chi connectivity index (χ2n) is 3.91. The van der Waals surface area contributed by atoms with Crippen molar-refractivity contribution >= 4 is 31.6 Å². The van der Waals surface area contributed by atoms with E-state index in [1.807, 2.05) is 13.0 Å². The first-order valence-corrected chi connectivity index (χ1v) is 7.56. The number of anilines is 1. The lowest BCUT2D eigenvalue weighted by Crippen LogP contribution is -2.16. The third-order valence-electron chi connectivity index (χ3n) is 2.27. The molecule has 0 saturated heterocycles. The number of pyridine rings is 1. The quantitative estimate of drug-likeness (QED) is 0.930. The molecule has 19 heavy (non-hydrogen) atoms. The Morgan fingerprint density at radius 2 is 2.05 bits per heavy atom. The molecule has 4 nitrogen and oxygen atoms in total. The molecule has 2 rings (SSSR count). The fourth-order valence-corrected chi connectivity index (χ4v) is 3.22. The van der Waals surface area contributed by atoms with E-state index in [2.05, 4.69) is 25.6 Å². The van der Waals surface area contributed by atoms with E-state index in [0.29, 0.717) is 5.69 Å². The SMILES string of the molecule is Cc1cc(Br)cc(NS(=O)(=O)c2ncccc2F)c1. The van der Waals surface area contributed by atoms with E-state index in [9.17, 15) is 12.8 Å². The summed E-state index contributed by atoms with van der Waals surface area (Å²) in [4.78, 5) is 3.55. The second kappa shape index (κ2) is 5.26. The Morgan fingerprint density at radius 1 is 1.32 bits per heavy atom. The summed E-state index contributed by atoms with van der Waals surface area (Å²) in [5, 5.41) is -0.618. The summed E-state index contributed by atoms with van der Waals surface area (Å²) in [6.07, 6.45) is 1.23. The smallest absolute Gasteiger partial charge is 0.278 e. The van der Waals surface area contributed by atoms with Crippen molar-refractivity contribution in [1.82, 2.24) is 4.98 Å². The van der Waals surface area contributed by atoms with Crippen molar-refractivity contribution in [2.24, 2.45) is 0 Å². The van der Waals surface area contributed by atoms with Gasteiger partial charge in [-0.25, -0.2) is 9.37 Å². The number of nitrogens with zero attached hydrogens (tertiary/aromatic N) is 1. The molecule has 0 spiro atoms. The van der Waals surface area contributed by atoms with Crippen LogP contribution in [0.15, 0.2) is 46.0 Å². The van der Waals surface area contributed by atoms with Crippen LogP contribution in [0.3, 0.4) is 0 Å². The van der Waals surface area contributed by atoms with Crippen molar-refractivity contribution in [3.05, 3.63) is 52.4 Å². The van der Waals surface area contributed by atoms with E-state index in [0.717, 1.165) is 16.1 Å². The van der Waals surface area contributed by atoms with E-state index in [1.54, 1.807) is 12.1 Å². The summed E-state index contributed by atoms with van der Waals surface area (Å²) in [5.41, 5.74) is 1.21. The first kappa shape index (κ1) is 14.0. The van der Waals surface area contributed by atoms with E-state index in [4.69, 9.17) is 0 Å². The summed E-state index contributed by atoms with van der Waals surface area (Å²) in [5.74, 6) is -0.887. The van der Waals surface area contributed by atoms with Gasteiger partial charge in [0.2, 0.25) is 5.03 Å². The number of nitrogens with one attached hydrogen (secondary N) is 1. The van der Waals surface area contributed by atoms with Crippen LogP contribution in [-0.2, 0) is 10.0 Å². The molecule has 0 radical (unpaired) electrons. The van der Waals surface area contributed by atoms with Crippen LogP contribution in [0.2, 0.25) is 0 Å². The van der Waals surface area contributed by atoms with E-state index in [1.165, 1.54) is 12.3 Å². The number of aromatic nitrogens is 1. The van der Waals surface area contributed by atoms with Gasteiger partial charge in [0, 0.05) is 10.7 Å². The van der Waals surface area contributed by atoms with Gasteiger partial charge in [0.1, 0.15) is 0 Å². The Bertz CT molecular complexity index is 699. The number of aryl methyl sites for hydroxylation is 1. The van der Waals surface area contributed by atoms with E-state index < -0.39 is 20.9 Å². The molecule has 1 aromatic heterocycles. The van der Waals surface area contributed by atoms with Crippen LogP contribution in [0.25, 0.3) is 0 Å². The molecule has 1 heterocycles. The molecular weight excluding hydrogens is 335 g/mol. The fourth-order valence-electron chi connectivity index (χ4n) is 1.57. The minimum absolute atomic E-state index is 0.344. The van der Waals surface area contributed by atoms with Gasteiger partial charge < -0.3 is 0 Å². The molecule has 0 amide bonds. The first-order chi connectivity index (χ1) is 8.88. The highest BCUT2D eigenvalue weighted by atomic mass is 79.9. The normalized spacial score (nSPS) is 11.3. The van der Waals surface area contributed by atoms with Gasteiger partial charge in [-0.05, 0) is 42.8 Å². The van der Waals surface area contributed by atoms with E-state index >= 15 is 0 Å². The van der Waals surface area contributed by atoms with Crippen LogP contribution in [0.1, 0.15) is 5.56 Å². The zero-order valence-electron chi connectivity index (χ0n) is 9.89. The van der Waals surface area contributed by atoms with Gasteiger partial charge in [0.25, 0.3) is 10.0 Å². The summed E-state index contributed by atoms with van der Waals surface area (Å²) in [6.45, 7) is 1.82. The lowest BCUT2D eigenvalue weighted by Gasteiger charge is -2.09. The van der Waals surface area contributed by atoms with Crippen molar-refractivity contribution in [2.45, 2.75) is 11.9 Å². The highest BCUT2D eigenvalue weighted by Gasteiger charge is 2.20. The summed E-state index contributed by atoms with van der Waals surface area (Å²) in [7, 11) is -4.03. The molecule has 0 atom stereocenters. The lowest BCUT2D eigenvalue weighted by atomic mass is 10.2. The molecule has 0 aliphatic carbocycles. The van der Waals surface area contributed by atoms with Crippen LogP contribution in [-0.4, -0.2) is 13.4 Å². The highest BCUT2D eigenvalue weighted by molar-refractivity contribution is 9.10. The monoisotopic (exact) mass is 344 g/mol. The average Bonchev–Trinajstić information content (AvgIpc) is 2.26. The Hall–Kier alpha value is -1.47. The third kappa shape index (κ3) is 3.30. The number of halogens is 2. The molecule has 100 valence electrons. The maximum absolute atomic E-state index is 13.5. The topological polar surface area (TPSA) is 59.1 Å². The number of hydrogen-bond acceptors (Lipinski definition) is 3. The van der Waals surface area contributed by atoms with Crippen molar-refractivity contribution < 1.29 is 12.8 Å². The second-order valence-corrected chi connectivity index (χ2v) is 6.43. The summed E-state index contributed by atoms with van der Waals surface area (Å²) < 4.78 is 40.5. The largest absolute Gasteiger partial charge is 0.282 e. The van der Waals surface area contributed by atoms with Crippen LogP contribution in [0, 0.1) is 12.7 Å². The Labute approximate surface area is 118 Å². The van der Waals surface area contributed by atoms with Gasteiger partial charge in [-0.15, -0.1) is 0 Å². The molecule has 0 unspecified atom stereocenters. The molecule has 1 aromatic carbocycles. The van der Waals surface area contributed by atoms with Crippen molar-refractivity contribution in [1.29, 1.82) is 0 Å². The third-order valence-corrected chi connectivity index (χ3v) is 4.05. The van der Waals surface area contributed by atoms with Gasteiger partial charge in [-0.3, -0.25) is 4.72 Å². The fraction of sp³-hybridized carbons (Fsp3) is 0.0833. The molecule has 0 aliphatic rings. The van der Waals surface area contributed by atoms with Crippen LogP contribution in [0.5, 0.6) is 0 Å². The Balaban J connectivity index is 2.39. The van der Waals surface area contributed by atoms with Crippen molar-refractivity contribution in [2.75, 3.05) is 4.72 Å². The predicted molar refractivity (Wildman–Crippen MR) is 73.9 cm³/mol. The molecule has 0 aliphatic heterocycles. The van der Waals surface area contributed by atoms with Gasteiger partial charge in [-0.2, -0.15) is 8.42 Å². The number of rotatable bonds is 3. The maximum Gasteiger partial charge on any atom is 0.282 e. The van der Waals surface area contributed by atoms with Crippen molar-refractivity contribution in [3.8, 4) is 0 Å². The minimum atomic E-state index is -4.03. The molecule has 7 heteroatoms. The molecule has 0 fully saturated rings. The summed E-state index contributed by atoms with van der Waals surface area (Å²) >= 11 is 3.27. The molecule has 2 aromatic rings. The Morgan fingerprint density at radius 3 is 2.68 bits per heavy atom. The number of benzene rings is 1. The Kier molecular flexibility index (Phi) is 3.86. The number of hydrogen-bond donors (Lipinski definition) is 1. The van der Waals surface area contributed by atoms with Gasteiger partial charge in [-0.1, -0.05) is 15.9 Å². The van der Waals surface area contributed by atoms with Gasteiger partial charge in [0.15, 0.2) is 5.82 Å². The van der Waals surface area contributed by atoms with Crippen LogP contribution in [0.4, 0.5) is 10.1 Å². The standard InChI is InChI=1S/C12H10BrFN2O2S/c1-8-5-9(13)7-10(6-8)16-19(17,18)12-11(14)3-2-4-15-12/h2-7,16H,1H3. The van der Waals surface area contributed by atoms with Crippen LogP contribution < -0.4 is 4.72 Å². The van der Waals surface area contributed by atoms with Crippen molar-refractivity contribution in [3.63, 3.8) is 0 Å². The van der Waals surface area contributed by atoms with E-state index in [-0.39, 0.29) is 0 Å². The van der Waals surface area contributed by atoms with Gasteiger partial charge in [0.05, 0.1) is 5.69 Å². The maximum atomic E-state index is 13.5. The molecule has 1 N–H and O–H groups in total. The zero-order valence-corrected chi connectivity index (χ0v) is 12.3.